The molecule has 0 fully saturated rings. The molecule has 0 aliphatic carbocycles. The van der Waals surface area contributed by atoms with Crippen molar-refractivity contribution < 1.29 is 53.8 Å². The monoisotopic (exact) mass is 288 g/mol. The fourth-order valence-electron chi connectivity index (χ4n) is 0.377. The Hall–Kier alpha value is -0.100. The molecule has 4 nitrogen and oxygen atoms in total. The summed E-state index contributed by atoms with van der Waals surface area (Å²) in [5, 5.41) is 19.3. The summed E-state index contributed by atoms with van der Waals surface area (Å²) < 4.78 is 0. The van der Waals surface area contributed by atoms with E-state index < -0.39 is 11.9 Å². The van der Waals surface area contributed by atoms with E-state index in [1.165, 1.54) is 0 Å². The molecule has 0 rings (SSSR count). The number of carboxylic acids is 2. The lowest BCUT2D eigenvalue weighted by molar-refractivity contribution is -0.307. The molecule has 6 heteroatoms. The number of halogens is 2. The average Bonchev–Trinajstić information content (AvgIpc) is 1.63. The summed E-state index contributed by atoms with van der Waals surface area (Å²) in [5.74, 6) is -2.45. The molecular formula is C5H6Br2O4-4. The van der Waals surface area contributed by atoms with Crippen LogP contribution in [0.3, 0.4) is 0 Å². The van der Waals surface area contributed by atoms with Crippen LogP contribution >= 0.6 is 0 Å². The number of rotatable bonds is 4. The van der Waals surface area contributed by atoms with Crippen molar-refractivity contribution in [1.29, 1.82) is 0 Å². The first-order valence-corrected chi connectivity index (χ1v) is 2.52. The Balaban J connectivity index is -0.000000320. The van der Waals surface area contributed by atoms with Gasteiger partial charge in [0.2, 0.25) is 0 Å². The Labute approximate surface area is 85.1 Å². The minimum absolute atomic E-state index is 0. The Morgan fingerprint density at radius 2 is 1.18 bits per heavy atom. The normalized spacial score (nSPS) is 7.27. The van der Waals surface area contributed by atoms with Crippen molar-refractivity contribution in [2.45, 2.75) is 19.3 Å². The summed E-state index contributed by atoms with van der Waals surface area (Å²) >= 11 is 0. The Morgan fingerprint density at radius 3 is 1.36 bits per heavy atom. The zero-order chi connectivity index (χ0) is 7.28. The first-order valence-electron chi connectivity index (χ1n) is 2.52. The van der Waals surface area contributed by atoms with E-state index >= 15 is 0 Å². The van der Waals surface area contributed by atoms with Crippen molar-refractivity contribution in [3.63, 3.8) is 0 Å². The third-order valence-corrected chi connectivity index (χ3v) is 0.762. The van der Waals surface area contributed by atoms with Gasteiger partial charge >= 0.3 is 0 Å². The van der Waals surface area contributed by atoms with Gasteiger partial charge in [-0.25, -0.2) is 0 Å². The lowest BCUT2D eigenvalue weighted by atomic mass is 10.2. The third-order valence-electron chi connectivity index (χ3n) is 0.762. The first kappa shape index (κ1) is 17.1. The molecule has 0 aliphatic heterocycles. The minimum Gasteiger partial charge on any atom is -1.00 e. The zero-order valence-corrected chi connectivity index (χ0v) is 8.68. The molecule has 0 bridgehead atoms. The van der Waals surface area contributed by atoms with Gasteiger partial charge in [0.1, 0.15) is 0 Å². The Morgan fingerprint density at radius 1 is 0.909 bits per heavy atom. The maximum absolute atomic E-state index is 9.66. The quantitative estimate of drug-likeness (QED) is 0.515. The van der Waals surface area contributed by atoms with E-state index in [0.717, 1.165) is 0 Å². The van der Waals surface area contributed by atoms with Gasteiger partial charge < -0.3 is 53.8 Å². The molecule has 0 aromatic heterocycles. The van der Waals surface area contributed by atoms with Crippen LogP contribution in [0.5, 0.6) is 0 Å². The highest BCUT2D eigenvalue weighted by molar-refractivity contribution is 5.67. The van der Waals surface area contributed by atoms with Crippen LogP contribution in [-0.4, -0.2) is 11.9 Å². The molecule has 68 valence electrons. The molecule has 0 unspecified atom stereocenters. The number of carbonyl (C=O) groups excluding carboxylic acids is 2. The summed E-state index contributed by atoms with van der Waals surface area (Å²) in [5.41, 5.74) is 0. The summed E-state index contributed by atoms with van der Waals surface area (Å²) in [6, 6.07) is 0. The SMILES string of the molecule is O=C([O-])CCCC(=O)[O-].[Br-].[Br-]. The van der Waals surface area contributed by atoms with Crippen molar-refractivity contribution in [2.75, 3.05) is 0 Å². The second-order valence-corrected chi connectivity index (χ2v) is 1.60. The van der Waals surface area contributed by atoms with Crippen LogP contribution in [0.4, 0.5) is 0 Å². The van der Waals surface area contributed by atoms with Gasteiger partial charge in [-0.05, 0) is 19.3 Å². The van der Waals surface area contributed by atoms with Gasteiger partial charge in [-0.2, -0.15) is 0 Å². The van der Waals surface area contributed by atoms with Crippen LogP contribution in [0.1, 0.15) is 19.3 Å². The smallest absolute Gasteiger partial charge is 0.0414 e. The molecule has 0 heterocycles. The van der Waals surface area contributed by atoms with Gasteiger partial charge in [-0.3, -0.25) is 0 Å². The fraction of sp³-hybridized carbons (Fsp3) is 0.600. The van der Waals surface area contributed by atoms with Gasteiger partial charge in [0.05, 0.1) is 0 Å². The van der Waals surface area contributed by atoms with Gasteiger partial charge in [-0.1, -0.05) is 0 Å². The van der Waals surface area contributed by atoms with Crippen LogP contribution in [0.15, 0.2) is 0 Å². The number of aliphatic carboxylic acids is 2. The second-order valence-electron chi connectivity index (χ2n) is 1.60. The molecular weight excluding hydrogens is 284 g/mol. The lowest BCUT2D eigenvalue weighted by Gasteiger charge is -2.01. The van der Waals surface area contributed by atoms with E-state index in [1.807, 2.05) is 0 Å². The van der Waals surface area contributed by atoms with Crippen molar-refractivity contribution in [2.24, 2.45) is 0 Å². The van der Waals surface area contributed by atoms with E-state index in [4.69, 9.17) is 0 Å². The van der Waals surface area contributed by atoms with Gasteiger partial charge in [0.25, 0.3) is 0 Å². The molecule has 0 radical (unpaired) electrons. The van der Waals surface area contributed by atoms with Crippen LogP contribution in [0.2, 0.25) is 0 Å². The molecule has 0 saturated heterocycles. The molecule has 0 saturated carbocycles. The van der Waals surface area contributed by atoms with Gasteiger partial charge in [-0.15, -0.1) is 0 Å². The van der Waals surface area contributed by atoms with Crippen LogP contribution in [0, 0.1) is 0 Å². The maximum Gasteiger partial charge on any atom is 0.0414 e. The molecule has 0 N–H and O–H groups in total. The predicted octanol–water partition coefficient (Wildman–Crippen LogP) is -8.34. The van der Waals surface area contributed by atoms with E-state index in [2.05, 4.69) is 0 Å². The average molecular weight is 290 g/mol. The standard InChI is InChI=1S/C5H8O4.2BrH/c6-4(7)2-1-3-5(8)9;;/h1-3H2,(H,6,7)(H,8,9);2*1H/p-4. The van der Waals surface area contributed by atoms with E-state index in [0.29, 0.717) is 0 Å². The fourth-order valence-corrected chi connectivity index (χ4v) is 0.377. The zero-order valence-electron chi connectivity index (χ0n) is 5.51. The minimum atomic E-state index is -1.23. The molecule has 0 amide bonds. The number of hydrogen-bond donors (Lipinski definition) is 0. The van der Waals surface area contributed by atoms with Crippen LogP contribution < -0.4 is 44.2 Å². The maximum atomic E-state index is 9.66. The highest BCUT2D eigenvalue weighted by atomic mass is 79.9. The largest absolute Gasteiger partial charge is 1.00 e. The molecule has 11 heavy (non-hydrogen) atoms. The third kappa shape index (κ3) is 17.7. The number of carbonyl (C=O) groups is 2. The summed E-state index contributed by atoms with van der Waals surface area (Å²) in [7, 11) is 0. The molecule has 0 aromatic rings. The molecule has 0 aromatic carbocycles. The van der Waals surface area contributed by atoms with Crippen molar-refractivity contribution in [1.82, 2.24) is 0 Å². The van der Waals surface area contributed by atoms with Crippen LogP contribution in [-0.2, 0) is 9.59 Å². The Bertz CT molecular complexity index is 112. The molecule has 0 aliphatic rings. The van der Waals surface area contributed by atoms with Crippen molar-refractivity contribution in [3.8, 4) is 0 Å². The van der Waals surface area contributed by atoms with Crippen molar-refractivity contribution in [3.05, 3.63) is 0 Å². The van der Waals surface area contributed by atoms with Crippen molar-refractivity contribution >= 4 is 11.9 Å². The van der Waals surface area contributed by atoms with E-state index in [9.17, 15) is 19.8 Å². The highest BCUT2D eigenvalue weighted by Crippen LogP contribution is 1.90. The van der Waals surface area contributed by atoms with Crippen LogP contribution in [0.25, 0.3) is 0 Å². The lowest BCUT2D eigenvalue weighted by Crippen LogP contribution is -3.00. The highest BCUT2D eigenvalue weighted by Gasteiger charge is 1.87. The van der Waals surface area contributed by atoms with Gasteiger partial charge in [0, 0.05) is 11.9 Å². The van der Waals surface area contributed by atoms with E-state index in [1.54, 1.807) is 0 Å². The molecule has 0 spiro atoms. The second kappa shape index (κ2) is 9.90. The summed E-state index contributed by atoms with van der Waals surface area (Å²) in [4.78, 5) is 19.3. The topological polar surface area (TPSA) is 80.3 Å². The number of carboxylic acid groups (broad SMARTS) is 2. The molecule has 0 atom stereocenters. The Kier molecular flexibility index (Phi) is 15.4. The van der Waals surface area contributed by atoms with Gasteiger partial charge in [0.15, 0.2) is 0 Å². The predicted molar refractivity (Wildman–Crippen MR) is 23.9 cm³/mol. The summed E-state index contributed by atoms with van der Waals surface area (Å²) in [6.45, 7) is 0. The summed E-state index contributed by atoms with van der Waals surface area (Å²) in [6.07, 6.45) is -0.341. The van der Waals surface area contributed by atoms with E-state index in [-0.39, 0.29) is 53.2 Å². The first-order chi connectivity index (χ1) is 4.13. The number of hydrogen-bond acceptors (Lipinski definition) is 4.